The van der Waals surface area contributed by atoms with Gasteiger partial charge < -0.3 is 14.6 Å². The Hall–Kier alpha value is -1.06. The average Bonchev–Trinajstić information content (AvgIpc) is 2.67. The molecule has 1 fully saturated rings. The molecule has 1 aliphatic heterocycles. The molecule has 3 nitrogen and oxygen atoms in total. The molecule has 2 rings (SSSR count). The SMILES string of the molecule is COc1cccc(C2(O)CCOC2)c1. The third kappa shape index (κ3) is 1.61. The molecule has 0 radical (unpaired) electrons. The van der Waals surface area contributed by atoms with Crippen LogP contribution in [0.1, 0.15) is 12.0 Å². The zero-order chi connectivity index (χ0) is 10.0. The molecular formula is C11H14O3. The first-order chi connectivity index (χ1) is 6.74. The first-order valence-corrected chi connectivity index (χ1v) is 4.69. The van der Waals surface area contributed by atoms with Crippen LogP contribution in [-0.4, -0.2) is 25.4 Å². The second-order valence-electron chi connectivity index (χ2n) is 3.57. The van der Waals surface area contributed by atoms with Crippen molar-refractivity contribution in [2.24, 2.45) is 0 Å². The van der Waals surface area contributed by atoms with E-state index in [9.17, 15) is 5.11 Å². The molecule has 1 N–H and O–H groups in total. The number of methoxy groups -OCH3 is 1. The Bertz CT molecular complexity index is 316. The molecule has 76 valence electrons. The summed E-state index contributed by atoms with van der Waals surface area (Å²) in [7, 11) is 1.62. The lowest BCUT2D eigenvalue weighted by Gasteiger charge is -2.21. The predicted octanol–water partition coefficient (Wildman–Crippen LogP) is 1.30. The largest absolute Gasteiger partial charge is 0.497 e. The van der Waals surface area contributed by atoms with Crippen LogP contribution in [0.5, 0.6) is 5.75 Å². The van der Waals surface area contributed by atoms with E-state index >= 15 is 0 Å². The van der Waals surface area contributed by atoms with E-state index in [1.807, 2.05) is 24.3 Å². The van der Waals surface area contributed by atoms with Crippen LogP contribution >= 0.6 is 0 Å². The van der Waals surface area contributed by atoms with Gasteiger partial charge in [0.05, 0.1) is 13.7 Å². The van der Waals surface area contributed by atoms with Crippen LogP contribution in [0.3, 0.4) is 0 Å². The fraction of sp³-hybridized carbons (Fsp3) is 0.455. The lowest BCUT2D eigenvalue weighted by molar-refractivity contribution is 0.0230. The third-order valence-electron chi connectivity index (χ3n) is 2.61. The van der Waals surface area contributed by atoms with Crippen LogP contribution in [0.25, 0.3) is 0 Å². The first kappa shape index (κ1) is 9.49. The van der Waals surface area contributed by atoms with Gasteiger partial charge in [-0.1, -0.05) is 12.1 Å². The molecule has 1 aromatic rings. The fourth-order valence-corrected chi connectivity index (χ4v) is 1.69. The van der Waals surface area contributed by atoms with E-state index in [4.69, 9.17) is 9.47 Å². The molecule has 1 saturated heterocycles. The smallest absolute Gasteiger partial charge is 0.119 e. The minimum atomic E-state index is -0.825. The van der Waals surface area contributed by atoms with E-state index in [-0.39, 0.29) is 0 Å². The van der Waals surface area contributed by atoms with E-state index < -0.39 is 5.60 Å². The van der Waals surface area contributed by atoms with Crippen molar-refractivity contribution in [3.8, 4) is 5.75 Å². The second-order valence-corrected chi connectivity index (χ2v) is 3.57. The van der Waals surface area contributed by atoms with Gasteiger partial charge in [0.1, 0.15) is 11.4 Å². The molecule has 1 aliphatic rings. The second kappa shape index (κ2) is 3.59. The summed E-state index contributed by atoms with van der Waals surface area (Å²) in [5.41, 5.74) is 0.0449. The Labute approximate surface area is 83.3 Å². The monoisotopic (exact) mass is 194 g/mol. The molecule has 0 spiro atoms. The van der Waals surface area contributed by atoms with Gasteiger partial charge in [0.25, 0.3) is 0 Å². The highest BCUT2D eigenvalue weighted by Gasteiger charge is 2.34. The highest BCUT2D eigenvalue weighted by Crippen LogP contribution is 2.31. The van der Waals surface area contributed by atoms with Gasteiger partial charge in [-0.25, -0.2) is 0 Å². The van der Waals surface area contributed by atoms with Crippen LogP contribution in [0.15, 0.2) is 24.3 Å². The van der Waals surface area contributed by atoms with Gasteiger partial charge in [0.15, 0.2) is 0 Å². The first-order valence-electron chi connectivity index (χ1n) is 4.69. The number of benzene rings is 1. The standard InChI is InChI=1S/C11H14O3/c1-13-10-4-2-3-9(7-10)11(12)5-6-14-8-11/h2-4,7,12H,5-6,8H2,1H3. The molecule has 14 heavy (non-hydrogen) atoms. The zero-order valence-electron chi connectivity index (χ0n) is 8.19. The van der Waals surface area contributed by atoms with E-state index in [0.717, 1.165) is 11.3 Å². The molecular weight excluding hydrogens is 180 g/mol. The summed E-state index contributed by atoms with van der Waals surface area (Å²) in [5.74, 6) is 0.767. The van der Waals surface area contributed by atoms with Gasteiger partial charge in [0, 0.05) is 13.0 Å². The third-order valence-corrected chi connectivity index (χ3v) is 2.61. The molecule has 3 heteroatoms. The Balaban J connectivity index is 2.30. The summed E-state index contributed by atoms with van der Waals surface area (Å²) in [5, 5.41) is 10.2. The Morgan fingerprint density at radius 1 is 1.50 bits per heavy atom. The van der Waals surface area contributed by atoms with Crippen LogP contribution in [0.2, 0.25) is 0 Å². The number of ether oxygens (including phenoxy) is 2. The number of hydrogen-bond donors (Lipinski definition) is 1. The van der Waals surface area contributed by atoms with Gasteiger partial charge >= 0.3 is 0 Å². The molecule has 0 saturated carbocycles. The van der Waals surface area contributed by atoms with Crippen molar-refractivity contribution in [1.29, 1.82) is 0 Å². The maximum absolute atomic E-state index is 10.2. The maximum Gasteiger partial charge on any atom is 0.119 e. The van der Waals surface area contributed by atoms with Crippen LogP contribution in [0, 0.1) is 0 Å². The molecule has 1 atom stereocenters. The van der Waals surface area contributed by atoms with E-state index in [1.165, 1.54) is 0 Å². The van der Waals surface area contributed by atoms with Crippen molar-refractivity contribution >= 4 is 0 Å². The number of rotatable bonds is 2. The topological polar surface area (TPSA) is 38.7 Å². The average molecular weight is 194 g/mol. The lowest BCUT2D eigenvalue weighted by Crippen LogP contribution is -2.25. The van der Waals surface area contributed by atoms with Gasteiger partial charge in [-0.05, 0) is 17.7 Å². The van der Waals surface area contributed by atoms with Gasteiger partial charge in [-0.15, -0.1) is 0 Å². The van der Waals surface area contributed by atoms with Crippen molar-refractivity contribution in [2.75, 3.05) is 20.3 Å². The van der Waals surface area contributed by atoms with Crippen molar-refractivity contribution in [2.45, 2.75) is 12.0 Å². The van der Waals surface area contributed by atoms with Crippen LogP contribution in [-0.2, 0) is 10.3 Å². The van der Waals surface area contributed by atoms with Gasteiger partial charge in [-0.2, -0.15) is 0 Å². The van der Waals surface area contributed by atoms with Crippen molar-refractivity contribution in [3.63, 3.8) is 0 Å². The number of aliphatic hydroxyl groups is 1. The maximum atomic E-state index is 10.2. The molecule has 0 aromatic heterocycles. The van der Waals surface area contributed by atoms with Gasteiger partial charge in [0.2, 0.25) is 0 Å². The molecule has 0 aliphatic carbocycles. The van der Waals surface area contributed by atoms with E-state index in [0.29, 0.717) is 19.6 Å². The minimum Gasteiger partial charge on any atom is -0.497 e. The summed E-state index contributed by atoms with van der Waals surface area (Å²) >= 11 is 0. The Morgan fingerprint density at radius 2 is 2.36 bits per heavy atom. The summed E-state index contributed by atoms with van der Waals surface area (Å²) in [4.78, 5) is 0. The Kier molecular flexibility index (Phi) is 2.44. The van der Waals surface area contributed by atoms with Crippen molar-refractivity contribution in [3.05, 3.63) is 29.8 Å². The predicted molar refractivity (Wildman–Crippen MR) is 52.3 cm³/mol. The molecule has 1 aromatic carbocycles. The quantitative estimate of drug-likeness (QED) is 0.771. The van der Waals surface area contributed by atoms with E-state index in [1.54, 1.807) is 7.11 Å². The molecule has 0 bridgehead atoms. The molecule has 1 heterocycles. The lowest BCUT2D eigenvalue weighted by atomic mass is 9.93. The van der Waals surface area contributed by atoms with Crippen LogP contribution in [0.4, 0.5) is 0 Å². The summed E-state index contributed by atoms with van der Waals surface area (Å²) in [6.45, 7) is 0.994. The minimum absolute atomic E-state index is 0.375. The summed E-state index contributed by atoms with van der Waals surface area (Å²) in [6, 6.07) is 7.50. The van der Waals surface area contributed by atoms with Crippen molar-refractivity contribution < 1.29 is 14.6 Å². The zero-order valence-corrected chi connectivity index (χ0v) is 8.19. The highest BCUT2D eigenvalue weighted by molar-refractivity contribution is 5.32. The van der Waals surface area contributed by atoms with E-state index in [2.05, 4.69) is 0 Å². The number of hydrogen-bond acceptors (Lipinski definition) is 3. The fourth-order valence-electron chi connectivity index (χ4n) is 1.69. The molecule has 0 amide bonds. The Morgan fingerprint density at radius 3 is 3.00 bits per heavy atom. The summed E-state index contributed by atoms with van der Waals surface area (Å²) < 4.78 is 10.3. The van der Waals surface area contributed by atoms with Gasteiger partial charge in [-0.3, -0.25) is 0 Å². The highest BCUT2D eigenvalue weighted by atomic mass is 16.5. The molecule has 1 unspecified atom stereocenters. The summed E-state index contributed by atoms with van der Waals surface area (Å²) in [6.07, 6.45) is 0.653. The normalized spacial score (nSPS) is 26.4. The van der Waals surface area contributed by atoms with Crippen molar-refractivity contribution in [1.82, 2.24) is 0 Å². The van der Waals surface area contributed by atoms with Crippen LogP contribution < -0.4 is 4.74 Å².